The van der Waals surface area contributed by atoms with Crippen LogP contribution in [0.2, 0.25) is 0 Å². The fourth-order valence-corrected chi connectivity index (χ4v) is 5.92. The Balaban J connectivity index is 1.56. The van der Waals surface area contributed by atoms with Gasteiger partial charge in [-0.15, -0.1) is 0 Å². The largest absolute Gasteiger partial charge is 0.377 e. The van der Waals surface area contributed by atoms with Crippen molar-refractivity contribution >= 4 is 33.0 Å². The number of halogens is 1. The first kappa shape index (κ1) is 20.5. The summed E-state index contributed by atoms with van der Waals surface area (Å²) in [6.07, 6.45) is -0.950. The van der Waals surface area contributed by atoms with Crippen LogP contribution in [0.4, 0.5) is 15.9 Å². The smallest absolute Gasteiger partial charge is 0.134 e. The predicted octanol–water partition coefficient (Wildman–Crippen LogP) is 4.39. The molecule has 0 saturated carbocycles. The minimum atomic E-state index is -2.85. The zero-order valence-electron chi connectivity index (χ0n) is 17.4. The number of aromatic nitrogens is 1. The van der Waals surface area contributed by atoms with Crippen molar-refractivity contribution in [3.63, 3.8) is 0 Å². The standard InChI is InChI=1S/C23H27FN4O2S/c1-15-6-7-19-17(10-15)20(26-21-13-25-12-18(21)24)11-23(27-19)28-8-9-31(29,30)22-5-3-2-4-16(22)14-28/h2-7,10-11,18,21,25,29-30H,8-9,12-14H2,1H3,(H,26,27). The van der Waals surface area contributed by atoms with Crippen LogP contribution in [-0.4, -0.2) is 51.7 Å². The van der Waals surface area contributed by atoms with Crippen LogP contribution in [0.25, 0.3) is 10.9 Å². The summed E-state index contributed by atoms with van der Waals surface area (Å²) in [4.78, 5) is 7.57. The second-order valence-electron chi connectivity index (χ2n) is 8.37. The number of benzene rings is 2. The lowest BCUT2D eigenvalue weighted by atomic mass is 10.1. The average molecular weight is 443 g/mol. The number of fused-ring (bicyclic) bond motifs is 2. The van der Waals surface area contributed by atoms with Gasteiger partial charge in [0, 0.05) is 43.3 Å². The first-order chi connectivity index (χ1) is 14.9. The zero-order chi connectivity index (χ0) is 21.6. The van der Waals surface area contributed by atoms with E-state index in [0.29, 0.717) is 31.1 Å². The molecule has 1 aromatic heterocycles. The van der Waals surface area contributed by atoms with Crippen molar-refractivity contribution in [2.45, 2.75) is 30.6 Å². The number of pyridine rings is 1. The van der Waals surface area contributed by atoms with E-state index in [-0.39, 0.29) is 11.8 Å². The van der Waals surface area contributed by atoms with Gasteiger partial charge in [0.25, 0.3) is 0 Å². The third-order valence-corrected chi connectivity index (χ3v) is 7.94. The van der Waals surface area contributed by atoms with E-state index in [1.54, 1.807) is 6.07 Å². The van der Waals surface area contributed by atoms with E-state index in [0.717, 1.165) is 33.5 Å². The third kappa shape index (κ3) is 3.96. The fourth-order valence-electron chi connectivity index (χ4n) is 4.38. The molecule has 0 spiro atoms. The van der Waals surface area contributed by atoms with Gasteiger partial charge in [-0.05, 0) is 30.7 Å². The van der Waals surface area contributed by atoms with Crippen molar-refractivity contribution in [1.29, 1.82) is 0 Å². The number of hydrogen-bond acceptors (Lipinski definition) is 6. The highest BCUT2D eigenvalue weighted by Crippen LogP contribution is 2.51. The van der Waals surface area contributed by atoms with Gasteiger partial charge in [0.05, 0.1) is 22.2 Å². The van der Waals surface area contributed by atoms with Crippen molar-refractivity contribution < 1.29 is 13.5 Å². The number of aryl methyl sites for hydroxylation is 1. The summed E-state index contributed by atoms with van der Waals surface area (Å²) in [5.41, 5.74) is 3.69. The molecule has 0 bridgehead atoms. The van der Waals surface area contributed by atoms with Crippen molar-refractivity contribution in [3.05, 3.63) is 59.7 Å². The summed E-state index contributed by atoms with van der Waals surface area (Å²) in [6, 6.07) is 15.2. The first-order valence-electron chi connectivity index (χ1n) is 10.5. The Morgan fingerprint density at radius 2 is 2.00 bits per heavy atom. The average Bonchev–Trinajstić information content (AvgIpc) is 3.09. The molecule has 4 N–H and O–H groups in total. The number of rotatable bonds is 3. The number of hydrogen-bond donors (Lipinski definition) is 4. The first-order valence-corrected chi connectivity index (χ1v) is 12.2. The van der Waals surface area contributed by atoms with Crippen LogP contribution in [0.1, 0.15) is 11.1 Å². The lowest BCUT2D eigenvalue weighted by Crippen LogP contribution is -2.30. The molecule has 2 atom stereocenters. The minimum absolute atomic E-state index is 0.249. The van der Waals surface area contributed by atoms with E-state index in [9.17, 15) is 13.5 Å². The Hall–Kier alpha value is -2.39. The molecule has 1 saturated heterocycles. The van der Waals surface area contributed by atoms with Crippen LogP contribution in [0.15, 0.2) is 53.4 Å². The van der Waals surface area contributed by atoms with Gasteiger partial charge in [0.1, 0.15) is 12.0 Å². The minimum Gasteiger partial charge on any atom is -0.377 e. The maximum atomic E-state index is 14.3. The second kappa shape index (κ2) is 7.94. The number of nitrogens with one attached hydrogen (secondary N) is 2. The molecule has 6 nitrogen and oxygen atoms in total. The molecule has 5 rings (SSSR count). The fraction of sp³-hybridized carbons (Fsp3) is 0.348. The molecule has 2 unspecified atom stereocenters. The molecule has 0 radical (unpaired) electrons. The van der Waals surface area contributed by atoms with Crippen LogP contribution in [-0.2, 0) is 6.54 Å². The molecule has 164 valence electrons. The van der Waals surface area contributed by atoms with Gasteiger partial charge in [0.2, 0.25) is 0 Å². The molecule has 0 aliphatic carbocycles. The summed E-state index contributed by atoms with van der Waals surface area (Å²) in [6.45, 7) is 3.96. The molecule has 31 heavy (non-hydrogen) atoms. The maximum Gasteiger partial charge on any atom is 0.134 e. The van der Waals surface area contributed by atoms with Crippen molar-refractivity contribution in [2.24, 2.45) is 0 Å². The predicted molar refractivity (Wildman–Crippen MR) is 125 cm³/mol. The van der Waals surface area contributed by atoms with Crippen molar-refractivity contribution in [3.8, 4) is 0 Å². The van der Waals surface area contributed by atoms with E-state index < -0.39 is 16.8 Å². The lowest BCUT2D eigenvalue weighted by molar-refractivity contribution is 0.343. The Morgan fingerprint density at radius 3 is 2.81 bits per heavy atom. The van der Waals surface area contributed by atoms with Gasteiger partial charge in [-0.2, -0.15) is 10.6 Å². The molecular formula is C23H27FN4O2S. The van der Waals surface area contributed by atoms with Crippen LogP contribution in [0, 0.1) is 6.92 Å². The molecule has 3 heterocycles. The second-order valence-corrected chi connectivity index (χ2v) is 10.6. The topological polar surface area (TPSA) is 80.7 Å². The quantitative estimate of drug-likeness (QED) is 0.482. The van der Waals surface area contributed by atoms with E-state index >= 15 is 0 Å². The highest BCUT2D eigenvalue weighted by Gasteiger charge is 2.29. The number of anilines is 2. The summed E-state index contributed by atoms with van der Waals surface area (Å²) in [7, 11) is -2.85. The molecule has 3 aromatic rings. The Bertz CT molecular complexity index is 1130. The van der Waals surface area contributed by atoms with Gasteiger partial charge in [0.15, 0.2) is 0 Å². The molecule has 8 heteroatoms. The molecule has 2 aliphatic rings. The van der Waals surface area contributed by atoms with Gasteiger partial charge in [-0.1, -0.05) is 29.8 Å². The Kier molecular flexibility index (Phi) is 5.26. The molecule has 2 aromatic carbocycles. The molecular weight excluding hydrogens is 415 g/mol. The highest BCUT2D eigenvalue weighted by atomic mass is 32.3. The third-order valence-electron chi connectivity index (χ3n) is 6.09. The van der Waals surface area contributed by atoms with Crippen molar-refractivity contribution in [1.82, 2.24) is 10.3 Å². The van der Waals surface area contributed by atoms with Crippen LogP contribution >= 0.6 is 10.6 Å². The van der Waals surface area contributed by atoms with Crippen LogP contribution in [0.3, 0.4) is 0 Å². The summed E-state index contributed by atoms with van der Waals surface area (Å²) in [5, 5.41) is 7.45. The van der Waals surface area contributed by atoms with E-state index in [1.807, 2.05) is 43.3 Å². The number of alkyl halides is 1. The molecule has 1 fully saturated rings. The summed E-state index contributed by atoms with van der Waals surface area (Å²) in [5.74, 6) is 0.992. The van der Waals surface area contributed by atoms with Gasteiger partial charge in [-0.25, -0.2) is 9.37 Å². The van der Waals surface area contributed by atoms with Gasteiger partial charge >= 0.3 is 0 Å². The van der Waals surface area contributed by atoms with E-state index in [2.05, 4.69) is 21.6 Å². The highest BCUT2D eigenvalue weighted by molar-refractivity contribution is 8.24. The lowest BCUT2D eigenvalue weighted by Gasteiger charge is -2.32. The van der Waals surface area contributed by atoms with E-state index in [1.165, 1.54) is 0 Å². The van der Waals surface area contributed by atoms with Crippen LogP contribution < -0.4 is 15.5 Å². The van der Waals surface area contributed by atoms with Crippen molar-refractivity contribution in [2.75, 3.05) is 35.6 Å². The Morgan fingerprint density at radius 1 is 1.16 bits per heavy atom. The summed E-state index contributed by atoms with van der Waals surface area (Å²) < 4.78 is 35.7. The zero-order valence-corrected chi connectivity index (χ0v) is 18.2. The van der Waals surface area contributed by atoms with Gasteiger partial charge in [-0.3, -0.25) is 9.11 Å². The normalized spacial score (nSPS) is 23.9. The van der Waals surface area contributed by atoms with E-state index in [4.69, 9.17) is 4.98 Å². The monoisotopic (exact) mass is 442 g/mol. The Labute approximate surface area is 182 Å². The van der Waals surface area contributed by atoms with Crippen LogP contribution in [0.5, 0.6) is 0 Å². The maximum absolute atomic E-state index is 14.3. The molecule has 0 amide bonds. The van der Waals surface area contributed by atoms with Gasteiger partial charge < -0.3 is 15.5 Å². The SMILES string of the molecule is Cc1ccc2nc(N3CCS(O)(O)c4ccccc4C3)cc(NC3CNCC3F)c2c1. The molecule has 2 aliphatic heterocycles. The number of nitrogens with zero attached hydrogens (tertiary/aromatic N) is 2. The summed E-state index contributed by atoms with van der Waals surface area (Å²) >= 11 is 0.